The summed E-state index contributed by atoms with van der Waals surface area (Å²) < 4.78 is 63.5. The summed E-state index contributed by atoms with van der Waals surface area (Å²) in [6.45, 7) is -1.49. The molecule has 2 aromatic rings. The molecule has 0 saturated heterocycles. The van der Waals surface area contributed by atoms with Crippen LogP contribution in [0.5, 0.6) is 0 Å². The fourth-order valence-corrected chi connectivity index (χ4v) is 2.48. The Labute approximate surface area is 180 Å². The maximum atomic E-state index is 13.5. The molecule has 166 valence electrons. The lowest BCUT2D eigenvalue weighted by Gasteiger charge is -2.29. The van der Waals surface area contributed by atoms with Crippen LogP contribution in [-0.4, -0.2) is 45.4 Å². The molecule has 1 unspecified atom stereocenters. The summed E-state index contributed by atoms with van der Waals surface area (Å²) in [6.07, 6.45) is -4.32. The Balaban J connectivity index is 2.67. The third-order valence-electron chi connectivity index (χ3n) is 4.48. The lowest BCUT2D eigenvalue weighted by Crippen LogP contribution is -2.45. The van der Waals surface area contributed by atoms with Crippen LogP contribution in [0.25, 0.3) is 11.3 Å². The number of aliphatic hydroxyl groups excluding tert-OH is 1. The van der Waals surface area contributed by atoms with E-state index in [0.717, 1.165) is 18.3 Å². The van der Waals surface area contributed by atoms with Gasteiger partial charge in [0.25, 0.3) is 5.91 Å². The fraction of sp³-hybridized carbons (Fsp3) is 0.400. The number of carbonyl (C=O) groups excluding carboxylic acids is 1. The van der Waals surface area contributed by atoms with E-state index in [9.17, 15) is 28.2 Å². The standard InChI is InChI=1S/C20H22F3N5O3/c1-11-4-5-12(19(31,10-29)20(21,22)23)6-13(11)14-7-26-16(25)15(28-14)17(30)27-9-18(2,3)8-24/h4-7,29,31H,9-10H2,1-3H3,(H2,25,26)(H,27,30)/i1D3. The summed E-state index contributed by atoms with van der Waals surface area (Å²) >= 11 is 0. The molecule has 1 aromatic heterocycles. The van der Waals surface area contributed by atoms with Crippen molar-refractivity contribution in [2.45, 2.75) is 32.5 Å². The van der Waals surface area contributed by atoms with Crippen LogP contribution in [0.4, 0.5) is 19.0 Å². The molecule has 1 amide bonds. The molecule has 1 aromatic carbocycles. The average Bonchev–Trinajstić information content (AvgIpc) is 2.75. The van der Waals surface area contributed by atoms with Gasteiger partial charge in [0.05, 0.1) is 30.0 Å². The van der Waals surface area contributed by atoms with E-state index in [2.05, 4.69) is 15.3 Å². The normalized spacial score (nSPS) is 15.7. The number of aryl methyl sites for hydroxylation is 1. The second-order valence-electron chi connectivity index (χ2n) is 7.44. The van der Waals surface area contributed by atoms with Crippen LogP contribution < -0.4 is 11.1 Å². The first-order chi connectivity index (χ1) is 15.5. The predicted molar refractivity (Wildman–Crippen MR) is 105 cm³/mol. The first-order valence-corrected chi connectivity index (χ1v) is 8.84. The van der Waals surface area contributed by atoms with Gasteiger partial charge in [-0.2, -0.15) is 18.4 Å². The molecule has 5 N–H and O–H groups in total. The number of nitrogen functional groups attached to an aromatic ring is 1. The van der Waals surface area contributed by atoms with Crippen LogP contribution in [0.1, 0.15) is 39.6 Å². The summed E-state index contributed by atoms with van der Waals surface area (Å²) in [4.78, 5) is 20.4. The number of nitriles is 1. The molecule has 0 saturated carbocycles. The summed E-state index contributed by atoms with van der Waals surface area (Å²) in [5.41, 5.74) is -1.31. The third-order valence-corrected chi connectivity index (χ3v) is 4.48. The van der Waals surface area contributed by atoms with Crippen LogP contribution in [0.2, 0.25) is 0 Å². The van der Waals surface area contributed by atoms with Crippen LogP contribution >= 0.6 is 0 Å². The molecule has 8 nitrogen and oxygen atoms in total. The summed E-state index contributed by atoms with van der Waals surface area (Å²) in [5, 5.41) is 30.9. The van der Waals surface area contributed by atoms with Gasteiger partial charge < -0.3 is 21.3 Å². The van der Waals surface area contributed by atoms with E-state index in [1.165, 1.54) is 0 Å². The van der Waals surface area contributed by atoms with Gasteiger partial charge in [0.2, 0.25) is 5.60 Å². The number of aliphatic hydroxyl groups is 2. The van der Waals surface area contributed by atoms with Crippen LogP contribution in [-0.2, 0) is 5.60 Å². The Bertz CT molecular complexity index is 1130. The molecule has 0 aliphatic heterocycles. The molecule has 1 heterocycles. The largest absolute Gasteiger partial charge is 0.423 e. The predicted octanol–water partition coefficient (Wildman–Crippen LogP) is 2.06. The van der Waals surface area contributed by atoms with E-state index in [0.29, 0.717) is 6.07 Å². The number of rotatable bonds is 6. The number of aromatic nitrogens is 2. The van der Waals surface area contributed by atoms with Crippen molar-refractivity contribution in [3.8, 4) is 17.3 Å². The topological polar surface area (TPSA) is 145 Å². The van der Waals surface area contributed by atoms with Crippen molar-refractivity contribution in [3.05, 3.63) is 41.2 Å². The summed E-state index contributed by atoms with van der Waals surface area (Å²) in [6, 6.07) is 4.27. The highest BCUT2D eigenvalue weighted by Crippen LogP contribution is 2.40. The maximum absolute atomic E-state index is 13.5. The van der Waals surface area contributed by atoms with Crippen LogP contribution in [0.3, 0.4) is 0 Å². The number of alkyl halides is 3. The van der Waals surface area contributed by atoms with Crippen molar-refractivity contribution in [3.63, 3.8) is 0 Å². The lowest BCUT2D eigenvalue weighted by atomic mass is 9.90. The molecule has 0 bridgehead atoms. The summed E-state index contributed by atoms with van der Waals surface area (Å²) in [7, 11) is 0. The molecule has 31 heavy (non-hydrogen) atoms. The Kier molecular flexibility index (Phi) is 5.40. The summed E-state index contributed by atoms with van der Waals surface area (Å²) in [5.74, 6) is -1.19. The fourth-order valence-electron chi connectivity index (χ4n) is 2.48. The van der Waals surface area contributed by atoms with Gasteiger partial charge in [-0.25, -0.2) is 9.97 Å². The van der Waals surface area contributed by atoms with E-state index in [1.807, 2.05) is 6.07 Å². The highest BCUT2D eigenvalue weighted by Gasteiger charge is 2.54. The molecule has 0 aliphatic carbocycles. The van der Waals surface area contributed by atoms with Gasteiger partial charge in [-0.05, 0) is 37.9 Å². The number of carbonyl (C=O) groups is 1. The van der Waals surface area contributed by atoms with Crippen molar-refractivity contribution in [1.82, 2.24) is 15.3 Å². The van der Waals surface area contributed by atoms with Crippen LogP contribution in [0.15, 0.2) is 24.4 Å². The number of anilines is 1. The zero-order chi connectivity index (χ0) is 26.1. The molecule has 1 atom stereocenters. The number of benzene rings is 1. The molecule has 2 rings (SSSR count). The van der Waals surface area contributed by atoms with Gasteiger partial charge in [-0.1, -0.05) is 12.1 Å². The number of amides is 1. The van der Waals surface area contributed by atoms with Crippen molar-refractivity contribution in [1.29, 1.82) is 5.26 Å². The Hall–Kier alpha value is -3.23. The van der Waals surface area contributed by atoms with E-state index in [4.69, 9.17) is 15.1 Å². The number of nitrogens with two attached hydrogens (primary N) is 1. The maximum Gasteiger partial charge on any atom is 0.423 e. The quantitative estimate of drug-likeness (QED) is 0.538. The zero-order valence-electron chi connectivity index (χ0n) is 19.6. The number of nitrogens with zero attached hydrogens (tertiary/aromatic N) is 3. The second kappa shape index (κ2) is 8.49. The van der Waals surface area contributed by atoms with Gasteiger partial charge in [0.15, 0.2) is 11.5 Å². The first kappa shape index (κ1) is 19.7. The van der Waals surface area contributed by atoms with Gasteiger partial charge in [-0.15, -0.1) is 0 Å². The number of hydrogen-bond donors (Lipinski definition) is 4. The van der Waals surface area contributed by atoms with E-state index in [-0.39, 0.29) is 23.6 Å². The monoisotopic (exact) mass is 440 g/mol. The molecular formula is C20H22F3N5O3. The second-order valence-corrected chi connectivity index (χ2v) is 7.44. The molecule has 0 spiro atoms. The average molecular weight is 440 g/mol. The molecule has 0 aliphatic rings. The van der Waals surface area contributed by atoms with Crippen molar-refractivity contribution >= 4 is 11.7 Å². The number of halogens is 3. The number of nitrogens with one attached hydrogen (secondary N) is 1. The SMILES string of the molecule is [2H]C([2H])([2H])c1ccc(C(O)(CO)C(F)(F)F)cc1-c1cnc(N)c(C(=O)NCC(C)(C)C#N)n1. The third kappa shape index (κ3) is 4.92. The minimum absolute atomic E-state index is 0.0845. The smallest absolute Gasteiger partial charge is 0.393 e. The van der Waals surface area contributed by atoms with Gasteiger partial charge >= 0.3 is 6.18 Å². The minimum atomic E-state index is -5.29. The lowest BCUT2D eigenvalue weighted by molar-refractivity contribution is -0.277. The molecule has 0 radical (unpaired) electrons. The molecule has 0 fully saturated rings. The Morgan fingerprint density at radius 2 is 2.06 bits per heavy atom. The van der Waals surface area contributed by atoms with Gasteiger partial charge in [0.1, 0.15) is 0 Å². The first-order valence-electron chi connectivity index (χ1n) is 10.3. The van der Waals surface area contributed by atoms with Crippen molar-refractivity contribution in [2.24, 2.45) is 5.41 Å². The highest BCUT2D eigenvalue weighted by atomic mass is 19.4. The zero-order valence-corrected chi connectivity index (χ0v) is 16.6. The Morgan fingerprint density at radius 3 is 2.61 bits per heavy atom. The Morgan fingerprint density at radius 1 is 1.39 bits per heavy atom. The van der Waals surface area contributed by atoms with E-state index >= 15 is 0 Å². The molecule has 11 heteroatoms. The van der Waals surface area contributed by atoms with Crippen molar-refractivity contribution in [2.75, 3.05) is 18.9 Å². The highest BCUT2D eigenvalue weighted by molar-refractivity contribution is 5.96. The van der Waals surface area contributed by atoms with Gasteiger partial charge in [0, 0.05) is 16.2 Å². The number of hydrogen-bond acceptors (Lipinski definition) is 7. The van der Waals surface area contributed by atoms with Gasteiger partial charge in [-0.3, -0.25) is 4.79 Å². The van der Waals surface area contributed by atoms with Crippen molar-refractivity contribution < 1.29 is 32.3 Å². The molecular weight excluding hydrogens is 415 g/mol. The minimum Gasteiger partial charge on any atom is -0.393 e. The van der Waals surface area contributed by atoms with Crippen LogP contribution in [0, 0.1) is 23.6 Å². The van der Waals surface area contributed by atoms with E-state index < -0.39 is 53.4 Å². The van der Waals surface area contributed by atoms with E-state index in [1.54, 1.807) is 13.8 Å².